The van der Waals surface area contributed by atoms with Crippen LogP contribution in [0, 0.1) is 0 Å². The molecule has 5 aromatic carbocycles. The number of para-hydroxylation sites is 1. The molecule has 0 radical (unpaired) electrons. The van der Waals surface area contributed by atoms with Crippen molar-refractivity contribution in [2.45, 2.75) is 51.4 Å². The standard InChI is InChI=1S/C44H37N3O/c1-43(2)35-25-30(28-13-7-5-8-14-28)19-23-38(35)46(39-24-20-31(26-36(39)43)29-15-9-6-10-16-29)32-21-22-34-40(27-32)47-41(48)33-17-11-12-18-37(33)45-42(47)44(34,3)4/h5-9,11-15,17-27H,10,16H2,1-4H3. The van der Waals surface area contributed by atoms with Crippen molar-refractivity contribution < 1.29 is 0 Å². The van der Waals surface area contributed by atoms with Crippen LogP contribution < -0.4 is 10.5 Å². The summed E-state index contributed by atoms with van der Waals surface area (Å²) >= 11 is 0. The van der Waals surface area contributed by atoms with Gasteiger partial charge in [0.1, 0.15) is 5.82 Å². The Kier molecular flexibility index (Phi) is 6.14. The first kappa shape index (κ1) is 28.7. The molecule has 0 N–H and O–H groups in total. The quantitative estimate of drug-likeness (QED) is 0.197. The normalized spacial score (nSPS) is 16.6. The molecule has 3 heterocycles. The number of nitrogens with zero attached hydrogens (tertiary/aromatic N) is 3. The fraction of sp³-hybridized carbons (Fsp3) is 0.182. The Morgan fingerprint density at radius 3 is 2.10 bits per heavy atom. The van der Waals surface area contributed by atoms with Gasteiger partial charge in [0.2, 0.25) is 0 Å². The summed E-state index contributed by atoms with van der Waals surface area (Å²) in [5.74, 6) is 0.783. The summed E-state index contributed by atoms with van der Waals surface area (Å²) in [6.07, 6.45) is 8.80. The van der Waals surface area contributed by atoms with Gasteiger partial charge in [0, 0.05) is 11.1 Å². The van der Waals surface area contributed by atoms with Gasteiger partial charge in [-0.25, -0.2) is 4.98 Å². The van der Waals surface area contributed by atoms with E-state index >= 15 is 0 Å². The first-order valence-corrected chi connectivity index (χ1v) is 16.9. The van der Waals surface area contributed by atoms with E-state index in [1.165, 1.54) is 33.4 Å². The Bertz CT molecular complexity index is 2430. The number of benzene rings is 5. The number of fused-ring (bicyclic) bond motifs is 6. The van der Waals surface area contributed by atoms with Crippen molar-refractivity contribution in [2.75, 3.05) is 4.90 Å². The van der Waals surface area contributed by atoms with Crippen LogP contribution in [0.4, 0.5) is 17.1 Å². The summed E-state index contributed by atoms with van der Waals surface area (Å²) in [4.78, 5) is 21.5. The van der Waals surface area contributed by atoms with Crippen molar-refractivity contribution in [1.82, 2.24) is 9.55 Å². The number of hydrogen-bond donors (Lipinski definition) is 0. The van der Waals surface area contributed by atoms with Gasteiger partial charge in [0.05, 0.1) is 33.4 Å². The van der Waals surface area contributed by atoms with Gasteiger partial charge in [-0.2, -0.15) is 0 Å². The zero-order chi connectivity index (χ0) is 32.8. The molecule has 3 aliphatic rings. The fourth-order valence-corrected chi connectivity index (χ4v) is 8.14. The summed E-state index contributed by atoms with van der Waals surface area (Å²) in [6.45, 7) is 9.05. The predicted molar refractivity (Wildman–Crippen MR) is 198 cm³/mol. The third-order valence-corrected chi connectivity index (χ3v) is 10.8. The van der Waals surface area contributed by atoms with Crippen LogP contribution in [0.5, 0.6) is 0 Å². The highest BCUT2D eigenvalue weighted by molar-refractivity contribution is 5.90. The molecule has 0 bridgehead atoms. The second-order valence-electron chi connectivity index (χ2n) is 14.4. The van der Waals surface area contributed by atoms with Crippen molar-refractivity contribution in [3.8, 4) is 16.8 Å². The molecule has 4 nitrogen and oxygen atoms in total. The molecule has 0 spiro atoms. The summed E-state index contributed by atoms with van der Waals surface area (Å²) < 4.78 is 1.85. The lowest BCUT2D eigenvalue weighted by Gasteiger charge is -2.42. The number of allylic oxidation sites excluding steroid dienone is 4. The number of anilines is 3. The first-order valence-electron chi connectivity index (χ1n) is 16.9. The van der Waals surface area contributed by atoms with Gasteiger partial charge >= 0.3 is 0 Å². The van der Waals surface area contributed by atoms with Crippen LogP contribution in [0.3, 0.4) is 0 Å². The van der Waals surface area contributed by atoms with Gasteiger partial charge in [-0.15, -0.1) is 0 Å². The van der Waals surface area contributed by atoms with E-state index in [9.17, 15) is 4.79 Å². The van der Waals surface area contributed by atoms with Crippen molar-refractivity contribution >= 4 is 33.5 Å². The summed E-state index contributed by atoms with van der Waals surface area (Å²) in [5.41, 5.74) is 13.0. The highest BCUT2D eigenvalue weighted by atomic mass is 16.1. The minimum absolute atomic E-state index is 0.0212. The molecule has 0 fully saturated rings. The molecule has 6 aromatic rings. The Labute approximate surface area is 281 Å². The number of hydrogen-bond acceptors (Lipinski definition) is 3. The molecule has 1 aromatic heterocycles. The largest absolute Gasteiger partial charge is 0.310 e. The highest BCUT2D eigenvalue weighted by Crippen LogP contribution is 2.54. The van der Waals surface area contributed by atoms with E-state index in [-0.39, 0.29) is 11.0 Å². The lowest BCUT2D eigenvalue weighted by molar-refractivity contribution is 0.610. The third-order valence-electron chi connectivity index (χ3n) is 10.8. The maximum absolute atomic E-state index is 14.1. The van der Waals surface area contributed by atoms with Crippen molar-refractivity contribution in [3.63, 3.8) is 0 Å². The topological polar surface area (TPSA) is 38.1 Å². The van der Waals surface area contributed by atoms with Crippen LogP contribution in [0.1, 0.15) is 68.6 Å². The Hall–Kier alpha value is -5.48. The summed E-state index contributed by atoms with van der Waals surface area (Å²) in [5, 5.41) is 0.638. The molecule has 0 amide bonds. The van der Waals surface area contributed by atoms with Crippen LogP contribution in [-0.4, -0.2) is 9.55 Å². The smallest absolute Gasteiger partial charge is 0.266 e. The molecule has 4 heteroatoms. The van der Waals surface area contributed by atoms with Crippen LogP contribution >= 0.6 is 0 Å². The fourth-order valence-electron chi connectivity index (χ4n) is 8.14. The second kappa shape index (κ2) is 10.3. The maximum atomic E-state index is 14.1. The monoisotopic (exact) mass is 623 g/mol. The van der Waals surface area contributed by atoms with E-state index in [1.54, 1.807) is 0 Å². The van der Waals surface area contributed by atoms with E-state index in [2.05, 4.69) is 136 Å². The van der Waals surface area contributed by atoms with E-state index in [4.69, 9.17) is 4.98 Å². The second-order valence-corrected chi connectivity index (χ2v) is 14.4. The molecule has 0 unspecified atom stereocenters. The minimum atomic E-state index is -0.418. The lowest BCUT2D eigenvalue weighted by Crippen LogP contribution is -2.31. The lowest BCUT2D eigenvalue weighted by atomic mass is 9.72. The molecule has 0 atom stereocenters. The van der Waals surface area contributed by atoms with Crippen LogP contribution in [0.15, 0.2) is 132 Å². The van der Waals surface area contributed by atoms with E-state index in [0.29, 0.717) is 5.39 Å². The zero-order valence-corrected chi connectivity index (χ0v) is 27.8. The van der Waals surface area contributed by atoms with Gasteiger partial charge in [-0.3, -0.25) is 9.36 Å². The van der Waals surface area contributed by atoms with Crippen molar-refractivity contribution in [1.29, 1.82) is 0 Å². The molecule has 2 aliphatic heterocycles. The first-order chi connectivity index (χ1) is 23.2. The zero-order valence-electron chi connectivity index (χ0n) is 27.8. The molecular formula is C44H37N3O. The molecule has 9 rings (SSSR count). The predicted octanol–water partition coefficient (Wildman–Crippen LogP) is 10.5. The van der Waals surface area contributed by atoms with Gasteiger partial charge in [0.25, 0.3) is 5.56 Å². The Morgan fingerprint density at radius 1 is 0.646 bits per heavy atom. The Morgan fingerprint density at radius 2 is 1.35 bits per heavy atom. The van der Waals surface area contributed by atoms with Crippen LogP contribution in [0.25, 0.3) is 33.3 Å². The molecular weight excluding hydrogens is 587 g/mol. The number of rotatable bonds is 3. The minimum Gasteiger partial charge on any atom is -0.310 e. The van der Waals surface area contributed by atoms with Gasteiger partial charge in [-0.1, -0.05) is 92.7 Å². The van der Waals surface area contributed by atoms with E-state index in [0.717, 1.165) is 52.5 Å². The van der Waals surface area contributed by atoms with Crippen LogP contribution in [0.2, 0.25) is 0 Å². The maximum Gasteiger partial charge on any atom is 0.266 e. The third kappa shape index (κ3) is 4.08. The Balaban J connectivity index is 1.28. The number of aromatic nitrogens is 2. The van der Waals surface area contributed by atoms with Gasteiger partial charge < -0.3 is 4.90 Å². The van der Waals surface area contributed by atoms with Gasteiger partial charge in [0.15, 0.2) is 0 Å². The summed E-state index contributed by atoms with van der Waals surface area (Å²) in [7, 11) is 0. The van der Waals surface area contributed by atoms with Gasteiger partial charge in [-0.05, 0) is 114 Å². The average molecular weight is 624 g/mol. The van der Waals surface area contributed by atoms with E-state index in [1.807, 2.05) is 28.8 Å². The van der Waals surface area contributed by atoms with Crippen LogP contribution in [-0.2, 0) is 10.8 Å². The molecule has 1 aliphatic carbocycles. The summed E-state index contributed by atoms with van der Waals surface area (Å²) in [6, 6.07) is 38.8. The molecule has 0 saturated heterocycles. The molecule has 48 heavy (non-hydrogen) atoms. The van der Waals surface area contributed by atoms with Crippen molar-refractivity contribution in [2.24, 2.45) is 0 Å². The molecule has 234 valence electrons. The SMILES string of the molecule is CC1(C)c2cc(C3=CC=CCC3)ccc2N(c2ccc3c(c2)-n2c(nc4ccccc4c2=O)C3(C)C)c2ccc(-c3ccccc3)cc21. The average Bonchev–Trinajstić information content (AvgIpc) is 3.34. The molecule has 0 saturated carbocycles. The highest BCUT2D eigenvalue weighted by Gasteiger charge is 2.41. The van der Waals surface area contributed by atoms with Crippen molar-refractivity contribution in [3.05, 3.63) is 166 Å². The van der Waals surface area contributed by atoms with E-state index < -0.39 is 5.41 Å².